The normalized spacial score (nSPS) is 22.4. The molecule has 1 saturated heterocycles. The molecule has 0 spiro atoms. The Morgan fingerprint density at radius 1 is 1.25 bits per heavy atom. The molecule has 0 aromatic heterocycles. The van der Waals surface area contributed by atoms with E-state index in [1.807, 2.05) is 24.3 Å². The highest BCUT2D eigenvalue weighted by atomic mass is 16.3. The van der Waals surface area contributed by atoms with Gasteiger partial charge in [-0.2, -0.15) is 5.26 Å². The molecule has 2 fully saturated rings. The molecule has 16 heavy (non-hydrogen) atoms. The largest absolute Gasteiger partial charge is 0.386 e. The van der Waals surface area contributed by atoms with Crippen molar-refractivity contribution in [2.24, 2.45) is 5.92 Å². The molecule has 1 aliphatic heterocycles. The number of β-amino-alcohol motifs (C(OH)–C–C–N with tert-alkyl or cyclic N) is 1. The van der Waals surface area contributed by atoms with Gasteiger partial charge in [0.15, 0.2) is 0 Å². The van der Waals surface area contributed by atoms with E-state index in [0.717, 1.165) is 18.8 Å². The van der Waals surface area contributed by atoms with E-state index in [-0.39, 0.29) is 0 Å². The van der Waals surface area contributed by atoms with Gasteiger partial charge in [0, 0.05) is 18.8 Å². The average molecular weight is 214 g/mol. The summed E-state index contributed by atoms with van der Waals surface area (Å²) >= 11 is 0. The maximum absolute atomic E-state index is 10.2. The van der Waals surface area contributed by atoms with Crippen molar-refractivity contribution >= 4 is 5.69 Å². The Morgan fingerprint density at radius 2 is 1.88 bits per heavy atom. The van der Waals surface area contributed by atoms with Crippen LogP contribution in [0, 0.1) is 17.2 Å². The van der Waals surface area contributed by atoms with Crippen LogP contribution in [-0.4, -0.2) is 23.8 Å². The van der Waals surface area contributed by atoms with E-state index in [4.69, 9.17) is 5.26 Å². The molecule has 0 radical (unpaired) electrons. The number of nitrogens with zero attached hydrogens (tertiary/aromatic N) is 2. The van der Waals surface area contributed by atoms with Gasteiger partial charge in [-0.05, 0) is 43.0 Å². The first-order valence-electron chi connectivity index (χ1n) is 5.69. The summed E-state index contributed by atoms with van der Waals surface area (Å²) in [5, 5.41) is 18.9. The highest BCUT2D eigenvalue weighted by molar-refractivity contribution is 5.53. The van der Waals surface area contributed by atoms with Gasteiger partial charge in [0.05, 0.1) is 11.6 Å². The molecule has 1 aromatic rings. The number of anilines is 1. The number of benzene rings is 1. The van der Waals surface area contributed by atoms with Crippen molar-refractivity contribution in [1.82, 2.24) is 0 Å². The van der Waals surface area contributed by atoms with Crippen molar-refractivity contribution in [3.8, 4) is 6.07 Å². The van der Waals surface area contributed by atoms with Crippen molar-refractivity contribution in [3.63, 3.8) is 0 Å². The van der Waals surface area contributed by atoms with Gasteiger partial charge in [-0.25, -0.2) is 0 Å². The second kappa shape index (κ2) is 3.23. The average Bonchev–Trinajstić information content (AvgIpc) is 3.09. The lowest BCUT2D eigenvalue weighted by Crippen LogP contribution is -2.63. The maximum Gasteiger partial charge on any atom is 0.102 e. The summed E-state index contributed by atoms with van der Waals surface area (Å²) in [5.74, 6) is 0.530. The van der Waals surface area contributed by atoms with Crippen LogP contribution < -0.4 is 4.90 Å². The van der Waals surface area contributed by atoms with Gasteiger partial charge in [0.2, 0.25) is 0 Å². The van der Waals surface area contributed by atoms with Crippen LogP contribution in [0.5, 0.6) is 0 Å². The monoisotopic (exact) mass is 214 g/mol. The zero-order valence-electron chi connectivity index (χ0n) is 9.06. The third kappa shape index (κ3) is 1.46. The van der Waals surface area contributed by atoms with Crippen molar-refractivity contribution in [2.45, 2.75) is 18.4 Å². The van der Waals surface area contributed by atoms with Crippen LogP contribution in [-0.2, 0) is 0 Å². The third-order valence-electron chi connectivity index (χ3n) is 3.63. The zero-order valence-corrected chi connectivity index (χ0v) is 9.06. The molecular formula is C13H14N2O. The molecule has 0 unspecified atom stereocenters. The lowest BCUT2D eigenvalue weighted by Gasteiger charge is -2.48. The molecule has 1 heterocycles. The zero-order chi connectivity index (χ0) is 11.2. The standard InChI is InChI=1S/C13H14N2O/c14-7-10-1-5-12(6-2-10)15-8-13(16,9-15)11-3-4-11/h1-2,5-6,11,16H,3-4,8-9H2. The predicted molar refractivity (Wildman–Crippen MR) is 61.0 cm³/mol. The van der Waals surface area contributed by atoms with E-state index in [0.29, 0.717) is 11.5 Å². The fraction of sp³-hybridized carbons (Fsp3) is 0.462. The molecule has 0 amide bonds. The first-order chi connectivity index (χ1) is 7.71. The molecule has 1 N–H and O–H groups in total. The predicted octanol–water partition coefficient (Wildman–Crippen LogP) is 1.52. The number of nitriles is 1. The molecule has 0 atom stereocenters. The fourth-order valence-electron chi connectivity index (χ4n) is 2.42. The molecule has 1 aliphatic carbocycles. The van der Waals surface area contributed by atoms with Crippen molar-refractivity contribution in [3.05, 3.63) is 29.8 Å². The summed E-state index contributed by atoms with van der Waals surface area (Å²) in [6, 6.07) is 9.65. The molecule has 1 aromatic carbocycles. The van der Waals surface area contributed by atoms with Gasteiger partial charge in [-0.15, -0.1) is 0 Å². The van der Waals surface area contributed by atoms with E-state index in [2.05, 4.69) is 11.0 Å². The van der Waals surface area contributed by atoms with Gasteiger partial charge in [0.1, 0.15) is 5.60 Å². The first-order valence-corrected chi connectivity index (χ1v) is 5.69. The van der Waals surface area contributed by atoms with Gasteiger partial charge >= 0.3 is 0 Å². The number of hydrogen-bond donors (Lipinski definition) is 1. The second-order valence-electron chi connectivity index (χ2n) is 4.89. The molecule has 1 saturated carbocycles. The minimum absolute atomic E-state index is 0.437. The van der Waals surface area contributed by atoms with Gasteiger partial charge < -0.3 is 10.0 Å². The van der Waals surface area contributed by atoms with Crippen LogP contribution in [0.15, 0.2) is 24.3 Å². The Bertz CT molecular complexity index is 436. The molecule has 0 bridgehead atoms. The Kier molecular flexibility index (Phi) is 1.95. The third-order valence-corrected chi connectivity index (χ3v) is 3.63. The minimum atomic E-state index is -0.437. The van der Waals surface area contributed by atoms with Crippen LogP contribution in [0.1, 0.15) is 18.4 Å². The molecule has 3 nitrogen and oxygen atoms in total. The molecule has 82 valence electrons. The summed E-state index contributed by atoms with van der Waals surface area (Å²) in [6.45, 7) is 1.48. The summed E-state index contributed by atoms with van der Waals surface area (Å²) in [5.41, 5.74) is 1.35. The van der Waals surface area contributed by atoms with Gasteiger partial charge in [0.25, 0.3) is 0 Å². The lowest BCUT2D eigenvalue weighted by molar-refractivity contribution is -0.00929. The summed E-state index contributed by atoms with van der Waals surface area (Å²) < 4.78 is 0. The van der Waals surface area contributed by atoms with Crippen molar-refractivity contribution in [1.29, 1.82) is 5.26 Å². The number of hydrogen-bond acceptors (Lipinski definition) is 3. The summed E-state index contributed by atoms with van der Waals surface area (Å²) in [7, 11) is 0. The highest BCUT2D eigenvalue weighted by Crippen LogP contribution is 2.45. The smallest absolute Gasteiger partial charge is 0.102 e. The summed E-state index contributed by atoms with van der Waals surface area (Å²) in [4.78, 5) is 2.17. The van der Waals surface area contributed by atoms with Crippen LogP contribution in [0.25, 0.3) is 0 Å². The fourth-order valence-corrected chi connectivity index (χ4v) is 2.42. The van der Waals surface area contributed by atoms with Crippen LogP contribution in [0.4, 0.5) is 5.69 Å². The van der Waals surface area contributed by atoms with E-state index < -0.39 is 5.60 Å². The van der Waals surface area contributed by atoms with Crippen LogP contribution >= 0.6 is 0 Å². The Labute approximate surface area is 94.9 Å². The van der Waals surface area contributed by atoms with Crippen LogP contribution in [0.2, 0.25) is 0 Å². The van der Waals surface area contributed by atoms with Gasteiger partial charge in [-0.3, -0.25) is 0 Å². The molecular weight excluding hydrogens is 200 g/mol. The van der Waals surface area contributed by atoms with Gasteiger partial charge in [-0.1, -0.05) is 0 Å². The van der Waals surface area contributed by atoms with Crippen molar-refractivity contribution in [2.75, 3.05) is 18.0 Å². The quantitative estimate of drug-likeness (QED) is 0.812. The molecule has 3 rings (SSSR count). The summed E-state index contributed by atoms with van der Waals surface area (Å²) in [6.07, 6.45) is 2.36. The van der Waals surface area contributed by atoms with E-state index in [9.17, 15) is 5.11 Å². The molecule has 3 heteroatoms. The topological polar surface area (TPSA) is 47.3 Å². The van der Waals surface area contributed by atoms with Crippen molar-refractivity contribution < 1.29 is 5.11 Å². The molecule has 2 aliphatic rings. The first kappa shape index (κ1) is 9.68. The van der Waals surface area contributed by atoms with E-state index >= 15 is 0 Å². The Balaban J connectivity index is 1.69. The van der Waals surface area contributed by atoms with Crippen LogP contribution in [0.3, 0.4) is 0 Å². The Hall–Kier alpha value is -1.53. The second-order valence-corrected chi connectivity index (χ2v) is 4.89. The number of aliphatic hydroxyl groups is 1. The maximum atomic E-state index is 10.2. The van der Waals surface area contributed by atoms with E-state index in [1.165, 1.54) is 12.8 Å². The Morgan fingerprint density at radius 3 is 2.38 bits per heavy atom. The number of rotatable bonds is 2. The highest BCUT2D eigenvalue weighted by Gasteiger charge is 2.51. The minimum Gasteiger partial charge on any atom is -0.386 e. The lowest BCUT2D eigenvalue weighted by atomic mass is 9.88. The van der Waals surface area contributed by atoms with E-state index in [1.54, 1.807) is 0 Å². The SMILES string of the molecule is N#Cc1ccc(N2CC(O)(C3CC3)C2)cc1.